The predicted octanol–water partition coefficient (Wildman–Crippen LogP) is 3.54. The Kier molecular flexibility index (Phi) is 5.61. The Morgan fingerprint density at radius 1 is 0.767 bits per heavy atom. The Morgan fingerprint density at radius 3 is 1.67 bits per heavy atom. The third-order valence-corrected chi connectivity index (χ3v) is 5.26. The maximum Gasteiger partial charge on any atom is 0.185 e. The van der Waals surface area contributed by atoms with E-state index in [1.165, 1.54) is 0 Å². The first-order chi connectivity index (χ1) is 14.7. The summed E-state index contributed by atoms with van der Waals surface area (Å²) < 4.78 is 2.19. The van der Waals surface area contributed by atoms with Gasteiger partial charge in [-0.15, -0.1) is 0 Å². The van der Waals surface area contributed by atoms with E-state index in [4.69, 9.17) is 11.5 Å². The van der Waals surface area contributed by atoms with E-state index in [0.29, 0.717) is 13.0 Å². The van der Waals surface area contributed by atoms with Gasteiger partial charge in [-0.1, -0.05) is 91.0 Å². The molecule has 0 atom stereocenters. The number of imidazole rings is 1. The molecule has 0 saturated heterocycles. The van der Waals surface area contributed by atoms with Gasteiger partial charge in [0.05, 0.1) is 12.0 Å². The number of aromatic nitrogens is 2. The number of rotatable bonds is 7. The highest BCUT2D eigenvalue weighted by atomic mass is 15.1. The van der Waals surface area contributed by atoms with Gasteiger partial charge in [-0.2, -0.15) is 0 Å². The van der Waals surface area contributed by atoms with Crippen molar-refractivity contribution in [2.75, 3.05) is 6.54 Å². The molecule has 30 heavy (non-hydrogen) atoms. The number of guanidine groups is 1. The van der Waals surface area contributed by atoms with Crippen LogP contribution in [0.3, 0.4) is 0 Å². The standard InChI is InChI=1S/C25H25N5/c26-24(27)28-17-16-23-18-30(19-29-23)25(20-10-4-1-5-11-20,21-12-6-2-7-13-21)22-14-8-3-9-15-22/h1-15,18-19H,16-17H2,(H4,26,27,28). The summed E-state index contributed by atoms with van der Waals surface area (Å²) in [5.41, 5.74) is 14.8. The summed E-state index contributed by atoms with van der Waals surface area (Å²) in [6.07, 6.45) is 4.66. The SMILES string of the molecule is NC(N)=NCCc1cn(C(c2ccccc2)(c2ccccc2)c2ccccc2)cn1. The Balaban J connectivity index is 1.92. The molecule has 0 aliphatic carbocycles. The maximum atomic E-state index is 5.46. The fraction of sp³-hybridized carbons (Fsp3) is 0.120. The van der Waals surface area contributed by atoms with Gasteiger partial charge in [-0.3, -0.25) is 4.99 Å². The molecule has 5 heteroatoms. The molecule has 1 heterocycles. The summed E-state index contributed by atoms with van der Waals surface area (Å²) in [5, 5.41) is 0. The van der Waals surface area contributed by atoms with Crippen molar-refractivity contribution in [1.29, 1.82) is 0 Å². The van der Waals surface area contributed by atoms with Crippen LogP contribution < -0.4 is 11.5 Å². The normalized spacial score (nSPS) is 11.2. The summed E-state index contributed by atoms with van der Waals surface area (Å²) in [5.74, 6) is 0.0987. The molecule has 5 nitrogen and oxygen atoms in total. The van der Waals surface area contributed by atoms with Crippen molar-refractivity contribution in [1.82, 2.24) is 9.55 Å². The number of hydrogen-bond acceptors (Lipinski definition) is 2. The summed E-state index contributed by atoms with van der Waals surface area (Å²) in [4.78, 5) is 8.76. The van der Waals surface area contributed by atoms with Crippen molar-refractivity contribution >= 4 is 5.96 Å². The third-order valence-electron chi connectivity index (χ3n) is 5.26. The minimum atomic E-state index is -0.550. The molecular weight excluding hydrogens is 370 g/mol. The van der Waals surface area contributed by atoms with E-state index < -0.39 is 5.54 Å². The molecule has 0 aliphatic rings. The van der Waals surface area contributed by atoms with Gasteiger partial charge >= 0.3 is 0 Å². The molecule has 150 valence electrons. The minimum absolute atomic E-state index is 0.0987. The molecule has 0 aliphatic heterocycles. The van der Waals surface area contributed by atoms with Crippen LogP contribution in [0.4, 0.5) is 0 Å². The Labute approximate surface area is 176 Å². The molecule has 4 aromatic rings. The molecule has 0 bridgehead atoms. The third kappa shape index (κ3) is 3.70. The van der Waals surface area contributed by atoms with E-state index in [1.54, 1.807) is 0 Å². The average molecular weight is 396 g/mol. The van der Waals surface area contributed by atoms with Gasteiger partial charge < -0.3 is 16.0 Å². The van der Waals surface area contributed by atoms with Crippen molar-refractivity contribution in [3.63, 3.8) is 0 Å². The zero-order valence-electron chi connectivity index (χ0n) is 16.7. The van der Waals surface area contributed by atoms with Gasteiger partial charge in [0.2, 0.25) is 0 Å². The van der Waals surface area contributed by atoms with Gasteiger partial charge in [-0.05, 0) is 16.7 Å². The van der Waals surface area contributed by atoms with E-state index in [2.05, 4.69) is 93.5 Å². The Bertz CT molecular complexity index is 1000. The maximum absolute atomic E-state index is 5.46. The molecule has 3 aromatic carbocycles. The van der Waals surface area contributed by atoms with Gasteiger partial charge in [0.25, 0.3) is 0 Å². The second-order valence-electron chi connectivity index (χ2n) is 7.14. The number of aliphatic imine (C=N–C) groups is 1. The van der Waals surface area contributed by atoms with Crippen molar-refractivity contribution < 1.29 is 0 Å². The second kappa shape index (κ2) is 8.66. The number of nitrogens with two attached hydrogens (primary N) is 2. The summed E-state index contributed by atoms with van der Waals surface area (Å²) in [7, 11) is 0. The van der Waals surface area contributed by atoms with Crippen LogP contribution in [0.2, 0.25) is 0 Å². The van der Waals surface area contributed by atoms with Crippen molar-refractivity contribution in [3.8, 4) is 0 Å². The fourth-order valence-corrected chi connectivity index (χ4v) is 3.96. The van der Waals surface area contributed by atoms with Crippen molar-refractivity contribution in [2.45, 2.75) is 12.0 Å². The van der Waals surface area contributed by atoms with Crippen LogP contribution in [0.15, 0.2) is 109 Å². The predicted molar refractivity (Wildman–Crippen MR) is 121 cm³/mol. The van der Waals surface area contributed by atoms with Crippen molar-refractivity contribution in [3.05, 3.63) is 126 Å². The number of benzene rings is 3. The summed E-state index contributed by atoms with van der Waals surface area (Å²) >= 11 is 0. The lowest BCUT2D eigenvalue weighted by atomic mass is 9.77. The van der Waals surface area contributed by atoms with E-state index in [1.807, 2.05) is 24.5 Å². The van der Waals surface area contributed by atoms with Crippen LogP contribution in [0.1, 0.15) is 22.4 Å². The first kappa shape index (κ1) is 19.5. The average Bonchev–Trinajstić information content (AvgIpc) is 3.25. The van der Waals surface area contributed by atoms with E-state index >= 15 is 0 Å². The van der Waals surface area contributed by atoms with Crippen LogP contribution in [0, 0.1) is 0 Å². The zero-order chi connectivity index (χ0) is 20.8. The van der Waals surface area contributed by atoms with E-state index in [9.17, 15) is 0 Å². The zero-order valence-corrected chi connectivity index (χ0v) is 16.7. The molecular formula is C25H25N5. The molecule has 4 rings (SSSR count). The lowest BCUT2D eigenvalue weighted by molar-refractivity contribution is 0.514. The monoisotopic (exact) mass is 395 g/mol. The molecule has 1 aromatic heterocycles. The molecule has 4 N–H and O–H groups in total. The Morgan fingerprint density at radius 2 is 1.23 bits per heavy atom. The lowest BCUT2D eigenvalue weighted by Crippen LogP contribution is -2.36. The lowest BCUT2D eigenvalue weighted by Gasteiger charge is -2.37. The van der Waals surface area contributed by atoms with Gasteiger partial charge in [0.1, 0.15) is 5.54 Å². The molecule has 0 fully saturated rings. The quantitative estimate of drug-likeness (QED) is 0.285. The van der Waals surface area contributed by atoms with E-state index in [-0.39, 0.29) is 5.96 Å². The molecule has 0 radical (unpaired) electrons. The number of hydrogen-bond donors (Lipinski definition) is 2. The summed E-state index contributed by atoms with van der Waals surface area (Å²) in [6.45, 7) is 0.508. The minimum Gasteiger partial charge on any atom is -0.370 e. The van der Waals surface area contributed by atoms with E-state index in [0.717, 1.165) is 22.4 Å². The molecule has 0 unspecified atom stereocenters. The molecule has 0 saturated carbocycles. The van der Waals surface area contributed by atoms with Crippen LogP contribution in [0.25, 0.3) is 0 Å². The van der Waals surface area contributed by atoms with Crippen LogP contribution in [0.5, 0.6) is 0 Å². The summed E-state index contributed by atoms with van der Waals surface area (Å²) in [6, 6.07) is 31.6. The molecule has 0 spiro atoms. The highest BCUT2D eigenvalue weighted by molar-refractivity contribution is 5.75. The van der Waals surface area contributed by atoms with Crippen LogP contribution in [-0.4, -0.2) is 22.1 Å². The van der Waals surface area contributed by atoms with Gasteiger partial charge in [-0.25, -0.2) is 4.98 Å². The topological polar surface area (TPSA) is 82.2 Å². The highest BCUT2D eigenvalue weighted by Gasteiger charge is 2.38. The smallest absolute Gasteiger partial charge is 0.185 e. The van der Waals surface area contributed by atoms with Crippen LogP contribution in [-0.2, 0) is 12.0 Å². The largest absolute Gasteiger partial charge is 0.370 e. The first-order valence-corrected chi connectivity index (χ1v) is 9.96. The number of nitrogens with zero attached hydrogens (tertiary/aromatic N) is 3. The first-order valence-electron chi connectivity index (χ1n) is 9.96. The van der Waals surface area contributed by atoms with Gasteiger partial charge in [0.15, 0.2) is 5.96 Å². The Hall–Kier alpha value is -3.86. The van der Waals surface area contributed by atoms with Crippen molar-refractivity contribution in [2.24, 2.45) is 16.5 Å². The van der Waals surface area contributed by atoms with Gasteiger partial charge in [0, 0.05) is 19.2 Å². The molecule has 0 amide bonds. The fourth-order valence-electron chi connectivity index (χ4n) is 3.96. The highest BCUT2D eigenvalue weighted by Crippen LogP contribution is 2.40. The second-order valence-corrected chi connectivity index (χ2v) is 7.14. The van der Waals surface area contributed by atoms with Crippen LogP contribution >= 0.6 is 0 Å².